The summed E-state index contributed by atoms with van der Waals surface area (Å²) in [6, 6.07) is 12.1. The quantitative estimate of drug-likeness (QED) is 0.460. The summed E-state index contributed by atoms with van der Waals surface area (Å²) in [5.41, 5.74) is 4.16. The minimum atomic E-state index is -0.256. The number of anilines is 1. The second-order valence-corrected chi connectivity index (χ2v) is 10.5. The van der Waals surface area contributed by atoms with Gasteiger partial charge in [0.2, 0.25) is 5.91 Å². The van der Waals surface area contributed by atoms with Gasteiger partial charge < -0.3 is 19.5 Å². The predicted molar refractivity (Wildman–Crippen MR) is 138 cm³/mol. The lowest BCUT2D eigenvalue weighted by Gasteiger charge is -2.42. The molecule has 35 heavy (non-hydrogen) atoms. The highest BCUT2D eigenvalue weighted by molar-refractivity contribution is 5.90. The summed E-state index contributed by atoms with van der Waals surface area (Å²) in [6.45, 7) is 0. The normalized spacial score (nSPS) is 24.2. The SMILES string of the molecule is COc1ccc(OC)c2c1C(c1cccc(NC(=O)CCC3CCCCC3)c1)OC1CCCCC21. The van der Waals surface area contributed by atoms with Gasteiger partial charge in [-0.15, -0.1) is 0 Å². The van der Waals surface area contributed by atoms with Gasteiger partial charge in [-0.3, -0.25) is 4.79 Å². The molecule has 0 spiro atoms. The van der Waals surface area contributed by atoms with E-state index in [2.05, 4.69) is 17.4 Å². The van der Waals surface area contributed by atoms with E-state index < -0.39 is 0 Å². The molecule has 188 valence electrons. The molecule has 5 rings (SSSR count). The zero-order valence-electron chi connectivity index (χ0n) is 21.2. The summed E-state index contributed by atoms with van der Waals surface area (Å²) >= 11 is 0. The van der Waals surface area contributed by atoms with Gasteiger partial charge in [-0.05, 0) is 55.0 Å². The van der Waals surface area contributed by atoms with Gasteiger partial charge in [0.15, 0.2) is 0 Å². The Hall–Kier alpha value is -2.53. The third-order valence-electron chi connectivity index (χ3n) is 8.27. The molecule has 3 atom stereocenters. The Labute approximate surface area is 209 Å². The molecule has 0 aromatic heterocycles. The number of fused-ring (bicyclic) bond motifs is 3. The van der Waals surface area contributed by atoms with E-state index in [4.69, 9.17) is 14.2 Å². The number of rotatable bonds is 7. The van der Waals surface area contributed by atoms with E-state index >= 15 is 0 Å². The zero-order chi connectivity index (χ0) is 24.2. The Balaban J connectivity index is 1.40. The zero-order valence-corrected chi connectivity index (χ0v) is 21.2. The molecule has 1 heterocycles. The first kappa shape index (κ1) is 24.2. The van der Waals surface area contributed by atoms with E-state index in [1.807, 2.05) is 24.3 Å². The Bertz CT molecular complexity index is 1030. The van der Waals surface area contributed by atoms with Crippen LogP contribution in [0.5, 0.6) is 11.5 Å². The summed E-state index contributed by atoms with van der Waals surface area (Å²) < 4.78 is 18.4. The average molecular weight is 478 g/mol. The van der Waals surface area contributed by atoms with E-state index in [1.54, 1.807) is 14.2 Å². The molecule has 0 radical (unpaired) electrons. The van der Waals surface area contributed by atoms with Gasteiger partial charge in [-0.1, -0.05) is 57.1 Å². The van der Waals surface area contributed by atoms with Crippen molar-refractivity contribution < 1.29 is 19.0 Å². The minimum Gasteiger partial charge on any atom is -0.496 e. The number of methoxy groups -OCH3 is 2. The first-order chi connectivity index (χ1) is 17.2. The molecule has 2 fully saturated rings. The van der Waals surface area contributed by atoms with Gasteiger partial charge in [0.1, 0.15) is 17.6 Å². The Morgan fingerprint density at radius 1 is 0.914 bits per heavy atom. The molecular weight excluding hydrogens is 438 g/mol. The highest BCUT2D eigenvalue weighted by Crippen LogP contribution is 2.53. The average Bonchev–Trinajstić information content (AvgIpc) is 2.91. The van der Waals surface area contributed by atoms with E-state index in [9.17, 15) is 4.79 Å². The van der Waals surface area contributed by atoms with Crippen molar-refractivity contribution >= 4 is 11.6 Å². The van der Waals surface area contributed by atoms with Crippen molar-refractivity contribution in [2.45, 2.75) is 88.8 Å². The van der Waals surface area contributed by atoms with Crippen molar-refractivity contribution in [1.82, 2.24) is 0 Å². The van der Waals surface area contributed by atoms with Gasteiger partial charge in [-0.25, -0.2) is 0 Å². The van der Waals surface area contributed by atoms with E-state index in [0.717, 1.165) is 47.6 Å². The number of amides is 1. The fourth-order valence-electron chi connectivity index (χ4n) is 6.50. The number of benzene rings is 2. The Morgan fingerprint density at radius 2 is 1.63 bits per heavy atom. The van der Waals surface area contributed by atoms with Crippen LogP contribution >= 0.6 is 0 Å². The first-order valence-electron chi connectivity index (χ1n) is 13.5. The number of hydrogen-bond donors (Lipinski definition) is 1. The molecule has 5 nitrogen and oxygen atoms in total. The molecule has 1 amide bonds. The van der Waals surface area contributed by atoms with Crippen LogP contribution in [-0.4, -0.2) is 26.2 Å². The largest absolute Gasteiger partial charge is 0.496 e. The van der Waals surface area contributed by atoms with Crippen LogP contribution in [0.25, 0.3) is 0 Å². The van der Waals surface area contributed by atoms with Gasteiger partial charge in [0.05, 0.1) is 20.3 Å². The standard InChI is InChI=1S/C30H39NO4/c1-33-25-16-17-26(34-2)29-28(25)23-13-6-7-14-24(23)35-30(29)21-11-8-12-22(19-21)31-27(32)18-15-20-9-4-3-5-10-20/h8,11-12,16-17,19-20,23-24,30H,3-7,9-10,13-15,18H2,1-2H3,(H,31,32). The number of nitrogens with one attached hydrogen (secondary N) is 1. The summed E-state index contributed by atoms with van der Waals surface area (Å²) in [4.78, 5) is 12.7. The molecule has 3 unspecified atom stereocenters. The number of carbonyl (C=O) groups excluding carboxylic acids is 1. The fraction of sp³-hybridized carbons (Fsp3) is 0.567. The van der Waals surface area contributed by atoms with E-state index in [0.29, 0.717) is 18.3 Å². The maximum Gasteiger partial charge on any atom is 0.224 e. The highest BCUT2D eigenvalue weighted by atomic mass is 16.5. The molecule has 3 aliphatic rings. The van der Waals surface area contributed by atoms with Crippen molar-refractivity contribution in [3.8, 4) is 11.5 Å². The lowest BCUT2D eigenvalue weighted by molar-refractivity contribution is -0.116. The van der Waals surface area contributed by atoms with Crippen LogP contribution in [-0.2, 0) is 9.53 Å². The Kier molecular flexibility index (Phi) is 7.62. The molecule has 5 heteroatoms. The van der Waals surface area contributed by atoms with Gasteiger partial charge >= 0.3 is 0 Å². The van der Waals surface area contributed by atoms with Gasteiger partial charge in [0.25, 0.3) is 0 Å². The second kappa shape index (κ2) is 11.0. The molecule has 1 aliphatic heterocycles. The molecule has 2 aromatic rings. The van der Waals surface area contributed by atoms with Crippen molar-refractivity contribution in [2.75, 3.05) is 19.5 Å². The van der Waals surface area contributed by atoms with E-state index in [-0.39, 0.29) is 18.1 Å². The molecule has 2 aliphatic carbocycles. The summed E-state index contributed by atoms with van der Waals surface area (Å²) in [5, 5.41) is 3.14. The van der Waals surface area contributed by atoms with Crippen LogP contribution in [0, 0.1) is 5.92 Å². The fourth-order valence-corrected chi connectivity index (χ4v) is 6.50. The molecule has 0 saturated heterocycles. The van der Waals surface area contributed by atoms with Crippen LogP contribution in [0.15, 0.2) is 36.4 Å². The third kappa shape index (κ3) is 5.20. The van der Waals surface area contributed by atoms with Crippen LogP contribution in [0.1, 0.15) is 99.3 Å². The van der Waals surface area contributed by atoms with Crippen LogP contribution in [0.4, 0.5) is 5.69 Å². The molecule has 0 bridgehead atoms. The predicted octanol–water partition coefficient (Wildman–Crippen LogP) is 7.15. The maximum atomic E-state index is 12.7. The Morgan fingerprint density at radius 3 is 2.40 bits per heavy atom. The highest BCUT2D eigenvalue weighted by Gasteiger charge is 2.41. The lowest BCUT2D eigenvalue weighted by Crippen LogP contribution is -2.34. The summed E-state index contributed by atoms with van der Waals surface area (Å²) in [7, 11) is 3.46. The van der Waals surface area contributed by atoms with E-state index in [1.165, 1.54) is 50.5 Å². The third-order valence-corrected chi connectivity index (χ3v) is 8.27. The van der Waals surface area contributed by atoms with Crippen molar-refractivity contribution in [1.29, 1.82) is 0 Å². The van der Waals surface area contributed by atoms with Crippen LogP contribution < -0.4 is 14.8 Å². The van der Waals surface area contributed by atoms with Crippen molar-refractivity contribution in [3.63, 3.8) is 0 Å². The molecule has 2 saturated carbocycles. The molecule has 2 aromatic carbocycles. The monoisotopic (exact) mass is 477 g/mol. The van der Waals surface area contributed by atoms with Crippen molar-refractivity contribution in [3.05, 3.63) is 53.1 Å². The number of carbonyl (C=O) groups is 1. The first-order valence-corrected chi connectivity index (χ1v) is 13.5. The smallest absolute Gasteiger partial charge is 0.224 e. The van der Waals surface area contributed by atoms with Crippen LogP contribution in [0.3, 0.4) is 0 Å². The summed E-state index contributed by atoms with van der Waals surface area (Å²) in [5.74, 6) is 2.88. The lowest BCUT2D eigenvalue weighted by atomic mass is 9.75. The summed E-state index contributed by atoms with van der Waals surface area (Å²) in [6.07, 6.45) is 12.6. The van der Waals surface area contributed by atoms with Gasteiger partial charge in [0, 0.05) is 29.2 Å². The molecular formula is C30H39NO4. The number of ether oxygens (including phenoxy) is 3. The maximum absolute atomic E-state index is 12.7. The minimum absolute atomic E-state index is 0.101. The van der Waals surface area contributed by atoms with Crippen LogP contribution in [0.2, 0.25) is 0 Å². The number of hydrogen-bond acceptors (Lipinski definition) is 4. The second-order valence-electron chi connectivity index (χ2n) is 10.5. The van der Waals surface area contributed by atoms with Gasteiger partial charge in [-0.2, -0.15) is 0 Å². The molecule has 1 N–H and O–H groups in total. The topological polar surface area (TPSA) is 56.8 Å². The van der Waals surface area contributed by atoms with Crippen molar-refractivity contribution in [2.24, 2.45) is 5.92 Å².